The Morgan fingerprint density at radius 2 is 2.20 bits per heavy atom. The summed E-state index contributed by atoms with van der Waals surface area (Å²) >= 11 is 1.17. The molecule has 0 aliphatic heterocycles. The van der Waals surface area contributed by atoms with Crippen LogP contribution in [0.2, 0.25) is 0 Å². The molecule has 0 spiro atoms. The lowest BCUT2D eigenvalue weighted by Crippen LogP contribution is -2.32. The van der Waals surface area contributed by atoms with Crippen molar-refractivity contribution >= 4 is 17.5 Å². The average molecular weight is 231 g/mol. The third-order valence-electron chi connectivity index (χ3n) is 1.78. The molecule has 0 amide bonds. The van der Waals surface area contributed by atoms with Gasteiger partial charge in [-0.2, -0.15) is 0 Å². The molecule has 1 heterocycles. The third kappa shape index (κ3) is 2.35. The number of carboxylic acid groups (broad SMARTS) is 1. The van der Waals surface area contributed by atoms with Crippen LogP contribution < -0.4 is 10.5 Å². The summed E-state index contributed by atoms with van der Waals surface area (Å²) in [4.78, 5) is 26.6. The van der Waals surface area contributed by atoms with Crippen LogP contribution in [0.25, 0.3) is 0 Å². The fourth-order valence-electron chi connectivity index (χ4n) is 1.14. The molecule has 0 aromatic carbocycles. The van der Waals surface area contributed by atoms with Gasteiger partial charge in [0.1, 0.15) is 6.54 Å². The van der Waals surface area contributed by atoms with Gasteiger partial charge in [0.2, 0.25) is 4.80 Å². The molecule has 0 fully saturated rings. The summed E-state index contributed by atoms with van der Waals surface area (Å²) in [6, 6.07) is 0.0121. The van der Waals surface area contributed by atoms with Gasteiger partial charge in [0, 0.05) is 13.1 Å². The van der Waals surface area contributed by atoms with Gasteiger partial charge in [-0.1, -0.05) is 0 Å². The molecule has 15 heavy (non-hydrogen) atoms. The van der Waals surface area contributed by atoms with Crippen molar-refractivity contribution in [2.45, 2.75) is 26.4 Å². The van der Waals surface area contributed by atoms with Crippen LogP contribution in [0, 0.1) is 0 Å². The van der Waals surface area contributed by atoms with E-state index in [-0.39, 0.29) is 18.3 Å². The molecule has 0 saturated carbocycles. The molecule has 0 aliphatic rings. The zero-order valence-corrected chi connectivity index (χ0v) is 9.61. The number of hydrogen-bond acceptors (Lipinski definition) is 4. The minimum atomic E-state index is -1.05. The summed E-state index contributed by atoms with van der Waals surface area (Å²) in [5.74, 6) is -1.05. The summed E-state index contributed by atoms with van der Waals surface area (Å²) in [7, 11) is 1.54. The Bertz CT molecular complexity index is 480. The second kappa shape index (κ2) is 4.43. The van der Waals surface area contributed by atoms with Crippen molar-refractivity contribution < 1.29 is 9.90 Å². The monoisotopic (exact) mass is 231 g/mol. The first kappa shape index (κ1) is 11.7. The molecule has 84 valence electrons. The van der Waals surface area contributed by atoms with Gasteiger partial charge in [0.15, 0.2) is 0 Å². The summed E-state index contributed by atoms with van der Waals surface area (Å²) in [5, 5.41) is 8.65. The van der Waals surface area contributed by atoms with Crippen LogP contribution in [-0.4, -0.2) is 26.6 Å². The normalized spacial score (nSPS) is 12.4. The van der Waals surface area contributed by atoms with Crippen molar-refractivity contribution in [2.75, 3.05) is 7.05 Å². The highest BCUT2D eigenvalue weighted by Gasteiger charge is 2.12. The van der Waals surface area contributed by atoms with Crippen molar-refractivity contribution in [2.24, 2.45) is 4.99 Å². The molecule has 0 saturated heterocycles. The SMILES string of the molecule is CN=c1sn(C(C)C)c(=O)n1CC(=O)O. The fourth-order valence-corrected chi connectivity index (χ4v) is 2.02. The summed E-state index contributed by atoms with van der Waals surface area (Å²) in [6.07, 6.45) is 0. The van der Waals surface area contributed by atoms with E-state index in [9.17, 15) is 9.59 Å². The largest absolute Gasteiger partial charge is 0.480 e. The van der Waals surface area contributed by atoms with Gasteiger partial charge in [0.25, 0.3) is 0 Å². The van der Waals surface area contributed by atoms with E-state index < -0.39 is 5.97 Å². The minimum Gasteiger partial charge on any atom is -0.480 e. The van der Waals surface area contributed by atoms with Crippen molar-refractivity contribution in [1.82, 2.24) is 8.52 Å². The highest BCUT2D eigenvalue weighted by atomic mass is 32.1. The highest BCUT2D eigenvalue weighted by Crippen LogP contribution is 2.01. The Hall–Kier alpha value is -1.37. The van der Waals surface area contributed by atoms with Gasteiger partial charge in [-0.25, -0.2) is 8.75 Å². The summed E-state index contributed by atoms with van der Waals surface area (Å²) < 4.78 is 2.66. The molecule has 0 radical (unpaired) electrons. The van der Waals surface area contributed by atoms with Gasteiger partial charge in [-0.3, -0.25) is 14.4 Å². The number of hydrogen-bond donors (Lipinski definition) is 1. The Morgan fingerprint density at radius 3 is 2.60 bits per heavy atom. The van der Waals surface area contributed by atoms with Gasteiger partial charge >= 0.3 is 11.7 Å². The maximum Gasteiger partial charge on any atom is 0.340 e. The Labute approximate surface area is 90.3 Å². The molecule has 1 rings (SSSR count). The maximum atomic E-state index is 11.7. The van der Waals surface area contributed by atoms with Crippen LogP contribution in [-0.2, 0) is 11.3 Å². The molecule has 0 bridgehead atoms. The smallest absolute Gasteiger partial charge is 0.340 e. The van der Waals surface area contributed by atoms with E-state index in [2.05, 4.69) is 4.99 Å². The maximum absolute atomic E-state index is 11.7. The molecular weight excluding hydrogens is 218 g/mol. The number of aromatic nitrogens is 2. The first-order valence-electron chi connectivity index (χ1n) is 4.44. The zero-order valence-electron chi connectivity index (χ0n) is 8.80. The van der Waals surface area contributed by atoms with Gasteiger partial charge in [-0.15, -0.1) is 0 Å². The third-order valence-corrected chi connectivity index (χ3v) is 3.12. The van der Waals surface area contributed by atoms with E-state index in [0.717, 1.165) is 4.57 Å². The molecule has 6 nitrogen and oxygen atoms in total. The van der Waals surface area contributed by atoms with Crippen LogP contribution in [0.3, 0.4) is 0 Å². The van der Waals surface area contributed by atoms with Crippen LogP contribution in [0.1, 0.15) is 19.9 Å². The van der Waals surface area contributed by atoms with E-state index >= 15 is 0 Å². The van der Waals surface area contributed by atoms with Gasteiger partial charge < -0.3 is 5.11 Å². The lowest BCUT2D eigenvalue weighted by atomic mass is 10.4. The molecule has 1 N–H and O–H groups in total. The molecule has 0 aliphatic carbocycles. The first-order chi connectivity index (χ1) is 6.97. The lowest BCUT2D eigenvalue weighted by Gasteiger charge is -2.01. The number of carboxylic acids is 1. The fraction of sp³-hybridized carbons (Fsp3) is 0.625. The van der Waals surface area contributed by atoms with Crippen LogP contribution in [0.15, 0.2) is 9.79 Å². The average Bonchev–Trinajstić information content (AvgIpc) is 2.43. The lowest BCUT2D eigenvalue weighted by molar-refractivity contribution is -0.137. The summed E-state index contributed by atoms with van der Waals surface area (Å²) in [6.45, 7) is 3.38. The minimum absolute atomic E-state index is 0.0121. The molecule has 7 heteroatoms. The van der Waals surface area contributed by atoms with E-state index in [1.807, 2.05) is 13.8 Å². The first-order valence-corrected chi connectivity index (χ1v) is 5.22. The van der Waals surface area contributed by atoms with Crippen molar-refractivity contribution in [3.8, 4) is 0 Å². The van der Waals surface area contributed by atoms with Crippen LogP contribution >= 0.6 is 11.5 Å². The number of carbonyl (C=O) groups is 1. The molecule has 1 aromatic rings. The molecule has 0 unspecified atom stereocenters. The second-order valence-corrected chi connectivity index (χ2v) is 4.22. The Morgan fingerprint density at radius 1 is 1.60 bits per heavy atom. The quantitative estimate of drug-likeness (QED) is 0.789. The standard InChI is InChI=1S/C8H13N3O3S/c1-5(2)11-8(14)10(4-6(12)13)7(9-3)15-11/h5H,4H2,1-3H3,(H,12,13). The van der Waals surface area contributed by atoms with Crippen LogP contribution in [0.4, 0.5) is 0 Å². The molecule has 0 atom stereocenters. The highest BCUT2D eigenvalue weighted by molar-refractivity contribution is 7.03. The Kier molecular flexibility index (Phi) is 3.46. The zero-order chi connectivity index (χ0) is 11.6. The van der Waals surface area contributed by atoms with Crippen molar-refractivity contribution in [3.05, 3.63) is 15.3 Å². The van der Waals surface area contributed by atoms with Crippen molar-refractivity contribution in [1.29, 1.82) is 0 Å². The van der Waals surface area contributed by atoms with Gasteiger partial charge in [0.05, 0.1) is 0 Å². The molecule has 1 aromatic heterocycles. The molecular formula is C8H13N3O3S. The topological polar surface area (TPSA) is 76.6 Å². The Balaban J connectivity index is 3.37. The van der Waals surface area contributed by atoms with E-state index in [0.29, 0.717) is 4.80 Å². The van der Waals surface area contributed by atoms with E-state index in [1.165, 1.54) is 22.5 Å². The predicted octanol–water partition coefficient (Wildman–Crippen LogP) is -0.0927. The number of nitrogens with zero attached hydrogens (tertiary/aromatic N) is 3. The number of rotatable bonds is 3. The van der Waals surface area contributed by atoms with Crippen molar-refractivity contribution in [3.63, 3.8) is 0 Å². The second-order valence-electron chi connectivity index (χ2n) is 3.28. The predicted molar refractivity (Wildman–Crippen MR) is 56.1 cm³/mol. The van der Waals surface area contributed by atoms with E-state index in [1.54, 1.807) is 0 Å². The van der Waals surface area contributed by atoms with Crippen LogP contribution in [0.5, 0.6) is 0 Å². The van der Waals surface area contributed by atoms with E-state index in [4.69, 9.17) is 5.11 Å². The number of aliphatic carboxylic acids is 1. The van der Waals surface area contributed by atoms with Gasteiger partial charge in [-0.05, 0) is 25.4 Å². The summed E-state index contributed by atoms with van der Waals surface area (Å²) in [5.41, 5.74) is -0.321.